The smallest absolute Gasteiger partial charge is 0.150 e. The molecule has 1 aromatic heterocycles. The third-order valence-corrected chi connectivity index (χ3v) is 4.03. The van der Waals surface area contributed by atoms with Crippen molar-refractivity contribution in [1.29, 1.82) is 0 Å². The summed E-state index contributed by atoms with van der Waals surface area (Å²) in [6.07, 6.45) is 2.36. The van der Waals surface area contributed by atoms with Gasteiger partial charge in [0.1, 0.15) is 12.1 Å². The Morgan fingerprint density at radius 2 is 2.26 bits per heavy atom. The van der Waals surface area contributed by atoms with Crippen LogP contribution in [0, 0.1) is 0 Å². The summed E-state index contributed by atoms with van der Waals surface area (Å²) in [6, 6.07) is 10.1. The van der Waals surface area contributed by atoms with Crippen LogP contribution in [0.1, 0.15) is 16.8 Å². The Morgan fingerprint density at radius 1 is 1.32 bits per heavy atom. The zero-order valence-corrected chi connectivity index (χ0v) is 10.5. The maximum atomic E-state index is 10.8. The highest BCUT2D eigenvalue weighted by molar-refractivity contribution is 5.87. The van der Waals surface area contributed by atoms with Crippen molar-refractivity contribution in [3.63, 3.8) is 0 Å². The zero-order valence-electron chi connectivity index (χ0n) is 10.5. The Labute approximate surface area is 111 Å². The molecule has 2 atom stereocenters. The Hall–Kier alpha value is -1.94. The number of pyridine rings is 1. The van der Waals surface area contributed by atoms with E-state index in [0.29, 0.717) is 17.7 Å². The lowest BCUT2D eigenvalue weighted by Gasteiger charge is -2.28. The summed E-state index contributed by atoms with van der Waals surface area (Å²) in [4.78, 5) is 17.8. The van der Waals surface area contributed by atoms with Crippen LogP contribution in [-0.2, 0) is 4.74 Å². The molecule has 2 aliphatic heterocycles. The van der Waals surface area contributed by atoms with E-state index in [1.807, 2.05) is 30.3 Å². The fourth-order valence-electron chi connectivity index (χ4n) is 3.05. The van der Waals surface area contributed by atoms with Gasteiger partial charge in [-0.05, 0) is 36.8 Å². The van der Waals surface area contributed by atoms with Crippen LogP contribution >= 0.6 is 0 Å². The van der Waals surface area contributed by atoms with Crippen LogP contribution in [0.4, 0.5) is 5.82 Å². The van der Waals surface area contributed by atoms with Gasteiger partial charge >= 0.3 is 0 Å². The summed E-state index contributed by atoms with van der Waals surface area (Å²) in [5, 5.41) is 1.01. The molecule has 0 unspecified atom stereocenters. The van der Waals surface area contributed by atoms with Crippen LogP contribution in [0.3, 0.4) is 0 Å². The first-order valence-corrected chi connectivity index (χ1v) is 6.58. The van der Waals surface area contributed by atoms with Gasteiger partial charge in [-0.25, -0.2) is 4.98 Å². The fourth-order valence-corrected chi connectivity index (χ4v) is 3.05. The summed E-state index contributed by atoms with van der Waals surface area (Å²) >= 11 is 0. The molecule has 19 heavy (non-hydrogen) atoms. The number of hydrogen-bond acceptors (Lipinski definition) is 4. The number of nitrogens with zero attached hydrogens (tertiary/aromatic N) is 2. The number of ether oxygens (including phenoxy) is 1. The lowest BCUT2D eigenvalue weighted by atomic mass is 10.1. The van der Waals surface area contributed by atoms with Crippen molar-refractivity contribution in [3.05, 3.63) is 35.9 Å². The highest BCUT2D eigenvalue weighted by Crippen LogP contribution is 2.32. The standard InChI is InChI=1S/C15H14N2O2/c18-8-10-1-3-14-11(5-10)2-4-15(16-14)17-7-13-6-12(17)9-19-13/h1-5,8,12-13H,6-7,9H2/t12-,13-/m0/s1. The maximum absolute atomic E-state index is 10.8. The van der Waals surface area contributed by atoms with Crippen LogP contribution in [0.5, 0.6) is 0 Å². The molecule has 0 saturated carbocycles. The summed E-state index contributed by atoms with van der Waals surface area (Å²) < 4.78 is 5.61. The van der Waals surface area contributed by atoms with Gasteiger partial charge in [0.25, 0.3) is 0 Å². The van der Waals surface area contributed by atoms with Crippen molar-refractivity contribution in [2.24, 2.45) is 0 Å². The van der Waals surface area contributed by atoms with Crippen molar-refractivity contribution < 1.29 is 9.53 Å². The fraction of sp³-hybridized carbons (Fsp3) is 0.333. The number of benzene rings is 1. The lowest BCUT2D eigenvalue weighted by molar-refractivity contribution is 0.0989. The molecule has 0 aliphatic carbocycles. The number of carbonyl (C=O) groups is 1. The number of aromatic nitrogens is 1. The molecule has 1 aromatic carbocycles. The summed E-state index contributed by atoms with van der Waals surface area (Å²) in [5.41, 5.74) is 1.63. The average Bonchev–Trinajstić information content (AvgIpc) is 3.09. The van der Waals surface area contributed by atoms with E-state index in [4.69, 9.17) is 9.72 Å². The predicted octanol–water partition coefficient (Wildman–Crippen LogP) is 2.02. The molecule has 2 bridgehead atoms. The topological polar surface area (TPSA) is 42.4 Å². The van der Waals surface area contributed by atoms with Gasteiger partial charge in [0, 0.05) is 17.5 Å². The van der Waals surface area contributed by atoms with E-state index in [2.05, 4.69) is 4.90 Å². The number of rotatable bonds is 2. The van der Waals surface area contributed by atoms with Gasteiger partial charge in [0.15, 0.2) is 0 Å². The van der Waals surface area contributed by atoms with E-state index in [1.165, 1.54) is 0 Å². The number of fused-ring (bicyclic) bond motifs is 3. The molecule has 3 heterocycles. The van der Waals surface area contributed by atoms with Crippen LogP contribution in [0.2, 0.25) is 0 Å². The van der Waals surface area contributed by atoms with Crippen LogP contribution in [-0.4, -0.2) is 36.6 Å². The molecule has 4 nitrogen and oxygen atoms in total. The van der Waals surface area contributed by atoms with Crippen LogP contribution in [0.25, 0.3) is 10.9 Å². The monoisotopic (exact) mass is 254 g/mol. The lowest BCUT2D eigenvalue weighted by Crippen LogP contribution is -2.37. The average molecular weight is 254 g/mol. The SMILES string of the molecule is O=Cc1ccc2nc(N3C[C@@H]4C[C@H]3CO4)ccc2c1. The van der Waals surface area contributed by atoms with Crippen LogP contribution in [0.15, 0.2) is 30.3 Å². The van der Waals surface area contributed by atoms with Crippen molar-refractivity contribution in [1.82, 2.24) is 4.98 Å². The number of aldehydes is 1. The second-order valence-corrected chi connectivity index (χ2v) is 5.24. The van der Waals surface area contributed by atoms with Gasteiger partial charge in [0.2, 0.25) is 0 Å². The Kier molecular flexibility index (Phi) is 2.32. The molecule has 2 saturated heterocycles. The van der Waals surface area contributed by atoms with Crippen LogP contribution < -0.4 is 4.90 Å². The maximum Gasteiger partial charge on any atom is 0.150 e. The third kappa shape index (κ3) is 1.71. The highest BCUT2D eigenvalue weighted by Gasteiger charge is 2.39. The second kappa shape index (κ2) is 4.03. The molecule has 96 valence electrons. The van der Waals surface area contributed by atoms with Gasteiger partial charge in [0.05, 0.1) is 24.3 Å². The Morgan fingerprint density at radius 3 is 3.00 bits per heavy atom. The number of anilines is 1. The summed E-state index contributed by atoms with van der Waals surface area (Å²) in [7, 11) is 0. The molecule has 4 rings (SSSR count). The molecule has 0 radical (unpaired) electrons. The van der Waals surface area contributed by atoms with E-state index >= 15 is 0 Å². The van der Waals surface area contributed by atoms with Gasteiger partial charge in [-0.15, -0.1) is 0 Å². The highest BCUT2D eigenvalue weighted by atomic mass is 16.5. The van der Waals surface area contributed by atoms with Gasteiger partial charge in [-0.1, -0.05) is 0 Å². The normalized spacial score (nSPS) is 25.2. The zero-order chi connectivity index (χ0) is 12.8. The van der Waals surface area contributed by atoms with E-state index in [0.717, 1.165) is 42.6 Å². The number of morpholine rings is 1. The van der Waals surface area contributed by atoms with E-state index < -0.39 is 0 Å². The van der Waals surface area contributed by atoms with E-state index in [-0.39, 0.29) is 0 Å². The second-order valence-electron chi connectivity index (χ2n) is 5.24. The summed E-state index contributed by atoms with van der Waals surface area (Å²) in [5.74, 6) is 1.02. The number of carbonyl (C=O) groups excluding carboxylic acids is 1. The van der Waals surface area contributed by atoms with Gasteiger partial charge < -0.3 is 9.64 Å². The first-order valence-electron chi connectivity index (χ1n) is 6.58. The minimum absolute atomic E-state index is 0.375. The van der Waals surface area contributed by atoms with Crippen molar-refractivity contribution in [2.45, 2.75) is 18.6 Å². The number of hydrogen-bond donors (Lipinski definition) is 0. The largest absolute Gasteiger partial charge is 0.374 e. The molecule has 2 aliphatic rings. The molecule has 4 heteroatoms. The minimum Gasteiger partial charge on any atom is -0.374 e. The quantitative estimate of drug-likeness (QED) is 0.769. The summed E-state index contributed by atoms with van der Waals surface area (Å²) in [6.45, 7) is 1.75. The molecule has 0 N–H and O–H groups in total. The molecule has 0 spiro atoms. The molecular formula is C15H14N2O2. The van der Waals surface area contributed by atoms with Crippen molar-refractivity contribution >= 4 is 23.0 Å². The first-order chi connectivity index (χ1) is 9.33. The van der Waals surface area contributed by atoms with Crippen molar-refractivity contribution in [2.75, 3.05) is 18.1 Å². The predicted molar refractivity (Wildman–Crippen MR) is 72.6 cm³/mol. The van der Waals surface area contributed by atoms with Gasteiger partial charge in [-0.2, -0.15) is 0 Å². The van der Waals surface area contributed by atoms with E-state index in [9.17, 15) is 4.79 Å². The molecule has 0 amide bonds. The van der Waals surface area contributed by atoms with E-state index in [1.54, 1.807) is 0 Å². The minimum atomic E-state index is 0.375. The third-order valence-electron chi connectivity index (χ3n) is 4.03. The molecule has 2 fully saturated rings. The Balaban J connectivity index is 1.74. The Bertz CT molecular complexity index is 656. The van der Waals surface area contributed by atoms with Gasteiger partial charge in [-0.3, -0.25) is 4.79 Å². The molecular weight excluding hydrogens is 240 g/mol. The van der Waals surface area contributed by atoms with Crippen molar-refractivity contribution in [3.8, 4) is 0 Å². The first kappa shape index (κ1) is 10.9. The molecule has 2 aromatic rings.